The van der Waals surface area contributed by atoms with Gasteiger partial charge in [0.1, 0.15) is 0 Å². The second kappa shape index (κ2) is 15.3. The molecule has 0 saturated heterocycles. The van der Waals surface area contributed by atoms with Crippen molar-refractivity contribution in [3.05, 3.63) is 218 Å². The first-order chi connectivity index (χ1) is 31.3. The van der Waals surface area contributed by atoms with Crippen LogP contribution in [0.5, 0.6) is 0 Å². The summed E-state index contributed by atoms with van der Waals surface area (Å²) in [5, 5.41) is 11.2. The third kappa shape index (κ3) is 5.71. The Morgan fingerprint density at radius 1 is 0.234 bits per heavy atom. The van der Waals surface area contributed by atoms with Crippen LogP contribution in [0.25, 0.3) is 131 Å². The molecule has 10 aromatic carbocycles. The van der Waals surface area contributed by atoms with E-state index in [0.717, 1.165) is 110 Å². The molecule has 4 heteroatoms. The van der Waals surface area contributed by atoms with E-state index in [1.165, 1.54) is 21.5 Å². The number of hydrogen-bond acceptors (Lipinski definition) is 2. The molecule has 13 aromatic rings. The van der Waals surface area contributed by atoms with Crippen LogP contribution in [0.15, 0.2) is 218 Å². The maximum absolute atomic E-state index is 5.91. The number of benzene rings is 8. The summed E-state index contributed by atoms with van der Waals surface area (Å²) in [6.45, 7) is 0. The Hall–Kier alpha value is -7.71. The van der Waals surface area contributed by atoms with E-state index in [0.29, 0.717) is 0 Å². The van der Waals surface area contributed by atoms with Gasteiger partial charge in [0.15, 0.2) is 0 Å². The van der Waals surface area contributed by atoms with Gasteiger partial charge in [-0.1, -0.05) is 218 Å². The quantitative estimate of drug-likeness (QED) is 0.176. The molecule has 13 rings (SSSR count). The maximum atomic E-state index is 5.91. The van der Waals surface area contributed by atoms with E-state index in [4.69, 9.17) is 15.0 Å². The molecule has 6 bridgehead atoms. The molecular formula is C60H36N3Pt-. The average molecular weight is 994 g/mol. The van der Waals surface area contributed by atoms with Gasteiger partial charge in [-0.25, -0.2) is 9.97 Å². The van der Waals surface area contributed by atoms with Crippen molar-refractivity contribution in [3.8, 4) is 44.5 Å². The standard InChI is InChI=1S/C60H36N3.Pt/c1-5-21-37(22-6-1)49-53-41-29-13-14-30-42(41)54(53)50(38-23-7-2-8-24-38)56-44-32-16-18-34-46(44)58(62-56)52(40-27-11-4-12-28-40)60-48-36-20-19-35-47(48)59(63-60)51(39-25-9-3-10-26-39)57-45-33-17-15-31-43(45)55(49)61-57;/h1-36H;/q-1;. The van der Waals surface area contributed by atoms with Crippen LogP contribution in [0.2, 0.25) is 0 Å². The summed E-state index contributed by atoms with van der Waals surface area (Å²) in [5.74, 6) is 0. The minimum atomic E-state index is 0. The topological polar surface area (TPSA) is 39.9 Å². The Kier molecular flexibility index (Phi) is 9.07. The normalized spacial score (nSPS) is 11.6. The second-order valence-electron chi connectivity index (χ2n) is 16.3. The van der Waals surface area contributed by atoms with Crippen LogP contribution < -0.4 is 4.98 Å². The molecule has 0 atom stereocenters. The summed E-state index contributed by atoms with van der Waals surface area (Å²) >= 11 is 0. The van der Waals surface area contributed by atoms with Gasteiger partial charge in [-0.05, 0) is 54.9 Å². The molecule has 0 N–H and O–H groups in total. The molecule has 302 valence electrons. The van der Waals surface area contributed by atoms with Crippen molar-refractivity contribution < 1.29 is 21.1 Å². The van der Waals surface area contributed by atoms with Gasteiger partial charge in [0.05, 0.1) is 22.1 Å². The molecule has 3 aromatic heterocycles. The van der Waals surface area contributed by atoms with Crippen molar-refractivity contribution in [1.29, 1.82) is 0 Å². The average Bonchev–Trinajstić information content (AvgIpc) is 4.04. The van der Waals surface area contributed by atoms with Crippen molar-refractivity contribution in [2.75, 3.05) is 0 Å². The number of rotatable bonds is 4. The van der Waals surface area contributed by atoms with Crippen molar-refractivity contribution in [2.24, 2.45) is 0 Å². The Labute approximate surface area is 383 Å². The minimum absolute atomic E-state index is 0. The zero-order chi connectivity index (χ0) is 41.4. The molecule has 3 heterocycles. The zero-order valence-electron chi connectivity index (χ0n) is 34.4. The van der Waals surface area contributed by atoms with Gasteiger partial charge in [0, 0.05) is 64.5 Å². The van der Waals surface area contributed by atoms with Crippen molar-refractivity contribution in [3.63, 3.8) is 0 Å². The fraction of sp³-hybridized carbons (Fsp3) is 0. The van der Waals surface area contributed by atoms with E-state index in [2.05, 4.69) is 218 Å². The van der Waals surface area contributed by atoms with Gasteiger partial charge >= 0.3 is 0 Å². The summed E-state index contributed by atoms with van der Waals surface area (Å²) in [7, 11) is 0. The predicted octanol–water partition coefficient (Wildman–Crippen LogP) is 15.9. The Bertz CT molecular complexity index is 3740. The van der Waals surface area contributed by atoms with Crippen LogP contribution >= 0.6 is 0 Å². The van der Waals surface area contributed by atoms with Crippen LogP contribution in [0.3, 0.4) is 0 Å². The van der Waals surface area contributed by atoms with Gasteiger partial charge in [0.2, 0.25) is 0 Å². The third-order valence-electron chi connectivity index (χ3n) is 12.9. The fourth-order valence-electron chi connectivity index (χ4n) is 10.2. The maximum Gasteiger partial charge on any atom is 0.0801 e. The summed E-state index contributed by atoms with van der Waals surface area (Å²) in [5.41, 5.74) is 14.0. The predicted molar refractivity (Wildman–Crippen MR) is 266 cm³/mol. The number of fused-ring (bicyclic) bond motifs is 4. The number of aromatic nitrogens is 3. The Morgan fingerprint density at radius 2 is 0.469 bits per heavy atom. The van der Waals surface area contributed by atoms with Crippen LogP contribution in [0.1, 0.15) is 0 Å². The first kappa shape index (κ1) is 38.0. The molecule has 0 radical (unpaired) electrons. The summed E-state index contributed by atoms with van der Waals surface area (Å²) in [6.07, 6.45) is 0. The molecule has 0 aliphatic carbocycles. The van der Waals surface area contributed by atoms with Gasteiger partial charge < -0.3 is 4.98 Å². The van der Waals surface area contributed by atoms with Crippen molar-refractivity contribution >= 4 is 87.0 Å². The Morgan fingerprint density at radius 3 is 0.781 bits per heavy atom. The molecule has 0 amide bonds. The van der Waals surface area contributed by atoms with Gasteiger partial charge in [-0.2, -0.15) is 0 Å². The van der Waals surface area contributed by atoms with E-state index < -0.39 is 0 Å². The minimum Gasteiger partial charge on any atom is -0.656 e. The van der Waals surface area contributed by atoms with Crippen molar-refractivity contribution in [1.82, 2.24) is 15.0 Å². The SMILES string of the molecule is [Pt].c1ccc(-c2c3nc(c(-c4ccccc4)c4c5ccccc5c4c(-c4ccccc4)c4nc(c(-c5ccccc5)c5[n-]c2c2ccccc52)c2ccccc42)c2ccccc32)cc1. The first-order valence-corrected chi connectivity index (χ1v) is 21.5. The largest absolute Gasteiger partial charge is 0.656 e. The zero-order valence-corrected chi connectivity index (χ0v) is 36.7. The first-order valence-electron chi connectivity index (χ1n) is 21.5. The van der Waals surface area contributed by atoms with Crippen LogP contribution in [0, 0.1) is 0 Å². The van der Waals surface area contributed by atoms with Crippen LogP contribution in [-0.4, -0.2) is 9.97 Å². The molecular weight excluding hydrogens is 958 g/mol. The molecule has 0 fully saturated rings. The van der Waals surface area contributed by atoms with Crippen LogP contribution in [0.4, 0.5) is 0 Å². The molecule has 0 unspecified atom stereocenters. The molecule has 0 aliphatic rings. The van der Waals surface area contributed by atoms with Gasteiger partial charge in [-0.3, -0.25) is 0 Å². The van der Waals surface area contributed by atoms with Crippen LogP contribution in [-0.2, 0) is 21.1 Å². The smallest absolute Gasteiger partial charge is 0.0801 e. The monoisotopic (exact) mass is 993 g/mol. The number of hydrogen-bond donors (Lipinski definition) is 0. The van der Waals surface area contributed by atoms with Gasteiger partial charge in [0.25, 0.3) is 0 Å². The molecule has 0 aliphatic heterocycles. The molecule has 0 saturated carbocycles. The van der Waals surface area contributed by atoms with E-state index in [1.807, 2.05) is 0 Å². The van der Waals surface area contributed by atoms with Gasteiger partial charge in [-0.15, -0.1) is 11.0 Å². The number of nitrogens with zero attached hydrogens (tertiary/aromatic N) is 3. The van der Waals surface area contributed by atoms with E-state index in [9.17, 15) is 0 Å². The van der Waals surface area contributed by atoms with Crippen molar-refractivity contribution in [2.45, 2.75) is 0 Å². The summed E-state index contributed by atoms with van der Waals surface area (Å²) < 4.78 is 0. The van der Waals surface area contributed by atoms with E-state index in [1.54, 1.807) is 0 Å². The molecule has 0 spiro atoms. The second-order valence-corrected chi connectivity index (χ2v) is 16.3. The third-order valence-corrected chi connectivity index (χ3v) is 12.9. The Balaban J connectivity index is 0.00000433. The van der Waals surface area contributed by atoms with E-state index in [-0.39, 0.29) is 21.1 Å². The molecule has 64 heavy (non-hydrogen) atoms. The van der Waals surface area contributed by atoms with E-state index >= 15 is 0 Å². The summed E-state index contributed by atoms with van der Waals surface area (Å²) in [4.78, 5) is 17.7. The molecule has 3 nitrogen and oxygen atoms in total. The fourth-order valence-corrected chi connectivity index (χ4v) is 10.2. The summed E-state index contributed by atoms with van der Waals surface area (Å²) in [6, 6.07) is 78.1.